The third kappa shape index (κ3) is 3.21. The topological polar surface area (TPSA) is 130 Å². The SMILES string of the molecule is Nc1nc(Nc2ccccc2)nn1-c1cc(-c2ccccc2)n(N)c(=O)n1. The highest BCUT2D eigenvalue weighted by Crippen LogP contribution is 2.20. The Morgan fingerprint density at radius 3 is 2.30 bits per heavy atom. The van der Waals surface area contributed by atoms with E-state index < -0.39 is 5.69 Å². The van der Waals surface area contributed by atoms with Gasteiger partial charge < -0.3 is 16.9 Å². The molecule has 4 rings (SSSR count). The van der Waals surface area contributed by atoms with Gasteiger partial charge in [-0.05, 0) is 12.1 Å². The van der Waals surface area contributed by atoms with Crippen LogP contribution in [0.2, 0.25) is 0 Å². The number of benzene rings is 2. The molecule has 2 heterocycles. The molecule has 0 atom stereocenters. The van der Waals surface area contributed by atoms with Crippen LogP contribution in [0.1, 0.15) is 0 Å². The van der Waals surface area contributed by atoms with Crippen molar-refractivity contribution in [3.63, 3.8) is 0 Å². The predicted molar refractivity (Wildman–Crippen MR) is 103 cm³/mol. The van der Waals surface area contributed by atoms with Crippen LogP contribution in [-0.4, -0.2) is 24.4 Å². The average molecular weight is 360 g/mol. The number of aromatic nitrogens is 5. The molecule has 5 N–H and O–H groups in total. The molecular weight excluding hydrogens is 344 g/mol. The maximum atomic E-state index is 12.2. The number of nitrogens with zero attached hydrogens (tertiary/aromatic N) is 5. The van der Waals surface area contributed by atoms with E-state index in [4.69, 9.17) is 11.6 Å². The molecule has 9 nitrogen and oxygen atoms in total. The molecule has 0 radical (unpaired) electrons. The Balaban J connectivity index is 1.76. The van der Waals surface area contributed by atoms with Crippen molar-refractivity contribution in [2.24, 2.45) is 0 Å². The second-order valence-corrected chi connectivity index (χ2v) is 5.71. The number of nitrogens with one attached hydrogen (secondary N) is 1. The van der Waals surface area contributed by atoms with Crippen LogP contribution in [0.5, 0.6) is 0 Å². The molecule has 0 spiro atoms. The van der Waals surface area contributed by atoms with Crippen LogP contribution >= 0.6 is 0 Å². The first-order valence-electron chi connectivity index (χ1n) is 8.11. The highest BCUT2D eigenvalue weighted by molar-refractivity contribution is 5.61. The molecule has 9 heteroatoms. The molecule has 0 amide bonds. The largest absolute Gasteiger partial charge is 0.368 e. The Morgan fingerprint density at radius 2 is 1.59 bits per heavy atom. The minimum atomic E-state index is -0.626. The van der Waals surface area contributed by atoms with Gasteiger partial charge in [-0.1, -0.05) is 48.5 Å². The summed E-state index contributed by atoms with van der Waals surface area (Å²) < 4.78 is 2.27. The molecule has 0 saturated carbocycles. The Bertz CT molecular complexity index is 1140. The lowest BCUT2D eigenvalue weighted by Gasteiger charge is -2.09. The van der Waals surface area contributed by atoms with Crippen molar-refractivity contribution >= 4 is 17.6 Å². The van der Waals surface area contributed by atoms with Crippen molar-refractivity contribution in [2.45, 2.75) is 0 Å². The summed E-state index contributed by atoms with van der Waals surface area (Å²) in [5, 5.41) is 7.35. The Labute approximate surface area is 153 Å². The van der Waals surface area contributed by atoms with Crippen LogP contribution < -0.4 is 22.6 Å². The highest BCUT2D eigenvalue weighted by Gasteiger charge is 2.14. The lowest BCUT2D eigenvalue weighted by molar-refractivity contribution is 0.803. The van der Waals surface area contributed by atoms with E-state index in [9.17, 15) is 4.79 Å². The molecule has 0 aliphatic rings. The molecule has 0 fully saturated rings. The predicted octanol–water partition coefficient (Wildman–Crippen LogP) is 1.53. The third-order valence-corrected chi connectivity index (χ3v) is 3.89. The molecule has 0 saturated heterocycles. The van der Waals surface area contributed by atoms with Crippen LogP contribution in [0.3, 0.4) is 0 Å². The quantitative estimate of drug-likeness (QED) is 0.471. The van der Waals surface area contributed by atoms with Gasteiger partial charge in [0.2, 0.25) is 11.9 Å². The molecule has 0 unspecified atom stereocenters. The molecule has 2 aromatic heterocycles. The van der Waals surface area contributed by atoms with E-state index in [1.54, 1.807) is 6.07 Å². The number of nitrogens with two attached hydrogens (primary N) is 2. The van der Waals surface area contributed by atoms with Gasteiger partial charge in [0.1, 0.15) is 0 Å². The number of hydrogen-bond donors (Lipinski definition) is 3. The average Bonchev–Trinajstić information content (AvgIpc) is 3.05. The first-order valence-corrected chi connectivity index (χ1v) is 8.11. The van der Waals surface area contributed by atoms with Crippen molar-refractivity contribution in [3.8, 4) is 17.1 Å². The van der Waals surface area contributed by atoms with Crippen molar-refractivity contribution < 1.29 is 0 Å². The first-order chi connectivity index (χ1) is 13.1. The number of nitrogen functional groups attached to an aromatic ring is 2. The molecule has 27 heavy (non-hydrogen) atoms. The van der Waals surface area contributed by atoms with Crippen LogP contribution in [0.4, 0.5) is 17.6 Å². The van der Waals surface area contributed by atoms with Crippen molar-refractivity contribution in [2.75, 3.05) is 16.9 Å². The van der Waals surface area contributed by atoms with Crippen molar-refractivity contribution in [3.05, 3.63) is 77.2 Å². The molecule has 0 aliphatic carbocycles. The fraction of sp³-hybridized carbons (Fsp3) is 0. The molecule has 0 aliphatic heterocycles. The Kier molecular flexibility index (Phi) is 4.01. The standard InChI is InChI=1S/C18H16N8O/c19-16-23-17(21-13-9-5-2-6-10-13)24-26(16)15-11-14(25(20)18(27)22-15)12-7-3-1-4-8-12/h1-11H,20H2,(H3,19,21,23,24). The van der Waals surface area contributed by atoms with E-state index in [0.717, 1.165) is 15.9 Å². The number of para-hydroxylation sites is 1. The minimum absolute atomic E-state index is 0.0918. The zero-order valence-electron chi connectivity index (χ0n) is 14.1. The van der Waals surface area contributed by atoms with E-state index in [0.29, 0.717) is 11.6 Å². The minimum Gasteiger partial charge on any atom is -0.368 e. The van der Waals surface area contributed by atoms with Gasteiger partial charge in [0, 0.05) is 17.3 Å². The summed E-state index contributed by atoms with van der Waals surface area (Å²) in [7, 11) is 0. The summed E-state index contributed by atoms with van der Waals surface area (Å²) >= 11 is 0. The van der Waals surface area contributed by atoms with Crippen LogP contribution in [0.15, 0.2) is 71.5 Å². The molecule has 4 aromatic rings. The second kappa shape index (κ2) is 6.64. The lowest BCUT2D eigenvalue weighted by Crippen LogP contribution is -2.32. The molecule has 0 bridgehead atoms. The van der Waals surface area contributed by atoms with Gasteiger partial charge in [-0.3, -0.25) is 0 Å². The summed E-state index contributed by atoms with van der Waals surface area (Å²) in [6.07, 6.45) is 0. The molecule has 2 aromatic carbocycles. The van der Waals surface area contributed by atoms with E-state index in [1.807, 2.05) is 60.7 Å². The number of hydrogen-bond acceptors (Lipinski definition) is 7. The fourth-order valence-electron chi connectivity index (χ4n) is 2.62. The molecule has 134 valence electrons. The Morgan fingerprint density at radius 1 is 0.926 bits per heavy atom. The number of rotatable bonds is 4. The van der Waals surface area contributed by atoms with Crippen LogP contribution in [0.25, 0.3) is 17.1 Å². The monoisotopic (exact) mass is 360 g/mol. The van der Waals surface area contributed by atoms with Gasteiger partial charge in [-0.25, -0.2) is 9.47 Å². The summed E-state index contributed by atoms with van der Waals surface area (Å²) in [5.74, 6) is 6.47. The van der Waals surface area contributed by atoms with Gasteiger partial charge in [0.05, 0.1) is 5.69 Å². The van der Waals surface area contributed by atoms with Crippen molar-refractivity contribution in [1.82, 2.24) is 24.4 Å². The van der Waals surface area contributed by atoms with E-state index >= 15 is 0 Å². The summed E-state index contributed by atoms with van der Waals surface area (Å²) in [4.78, 5) is 20.3. The van der Waals surface area contributed by atoms with Crippen LogP contribution in [0, 0.1) is 0 Å². The summed E-state index contributed by atoms with van der Waals surface area (Å²) in [6.45, 7) is 0. The zero-order chi connectivity index (χ0) is 18.8. The van der Waals surface area contributed by atoms with Crippen molar-refractivity contribution in [1.29, 1.82) is 0 Å². The third-order valence-electron chi connectivity index (χ3n) is 3.89. The van der Waals surface area contributed by atoms with E-state index in [1.165, 1.54) is 4.68 Å². The Hall–Kier alpha value is -4.14. The van der Waals surface area contributed by atoms with Gasteiger partial charge in [-0.15, -0.1) is 5.10 Å². The maximum Gasteiger partial charge on any atom is 0.368 e. The van der Waals surface area contributed by atoms with E-state index in [-0.39, 0.29) is 11.8 Å². The van der Waals surface area contributed by atoms with Gasteiger partial charge in [0.15, 0.2) is 5.82 Å². The maximum absolute atomic E-state index is 12.2. The highest BCUT2D eigenvalue weighted by atomic mass is 16.1. The second-order valence-electron chi connectivity index (χ2n) is 5.71. The number of anilines is 3. The van der Waals surface area contributed by atoms with Gasteiger partial charge >= 0.3 is 5.69 Å². The lowest BCUT2D eigenvalue weighted by atomic mass is 10.1. The van der Waals surface area contributed by atoms with E-state index in [2.05, 4.69) is 20.4 Å². The van der Waals surface area contributed by atoms with Gasteiger partial charge in [0.25, 0.3) is 0 Å². The normalized spacial score (nSPS) is 10.7. The smallest absolute Gasteiger partial charge is 0.368 e. The molecular formula is C18H16N8O. The summed E-state index contributed by atoms with van der Waals surface area (Å²) in [6, 6.07) is 20.3. The zero-order valence-corrected chi connectivity index (χ0v) is 14.1. The van der Waals surface area contributed by atoms with Crippen LogP contribution in [-0.2, 0) is 0 Å². The first kappa shape index (κ1) is 16.3. The fourth-order valence-corrected chi connectivity index (χ4v) is 2.62. The van der Waals surface area contributed by atoms with Gasteiger partial charge in [-0.2, -0.15) is 14.6 Å². The summed E-state index contributed by atoms with van der Waals surface area (Å²) in [5.41, 5.74) is 7.41.